The van der Waals surface area contributed by atoms with E-state index in [-0.39, 0.29) is 39.7 Å². The number of Topliss-reactive ketones (excluding diaryl/α,β-unsaturated/α-hetero) is 1. The Balaban J connectivity index is 1.61. The molecule has 3 aromatic rings. The van der Waals surface area contributed by atoms with Crippen molar-refractivity contribution in [3.63, 3.8) is 0 Å². The first-order valence-corrected chi connectivity index (χ1v) is 10.2. The van der Waals surface area contributed by atoms with Crippen molar-refractivity contribution in [1.29, 1.82) is 0 Å². The second-order valence-electron chi connectivity index (χ2n) is 6.56. The van der Waals surface area contributed by atoms with E-state index in [0.29, 0.717) is 11.3 Å². The van der Waals surface area contributed by atoms with Crippen LogP contribution >= 0.6 is 11.8 Å². The van der Waals surface area contributed by atoms with Crippen LogP contribution in [0.25, 0.3) is 0 Å². The van der Waals surface area contributed by atoms with Crippen LogP contribution in [0.3, 0.4) is 0 Å². The van der Waals surface area contributed by atoms with Crippen molar-refractivity contribution < 1.29 is 18.8 Å². The fraction of sp³-hybridized carbons (Fsp3) is 0.0952. The van der Waals surface area contributed by atoms with Crippen LogP contribution in [-0.4, -0.2) is 33.3 Å². The maximum absolute atomic E-state index is 13.0. The highest BCUT2D eigenvalue weighted by Crippen LogP contribution is 2.18. The van der Waals surface area contributed by atoms with Gasteiger partial charge in [0.05, 0.1) is 5.75 Å². The lowest BCUT2D eigenvalue weighted by atomic mass is 10.1. The highest BCUT2D eigenvalue weighted by Gasteiger charge is 2.15. The summed E-state index contributed by atoms with van der Waals surface area (Å²) >= 11 is 0.943. The minimum absolute atomic E-state index is 0.0713. The molecule has 2 aromatic carbocycles. The molecule has 9 nitrogen and oxygen atoms in total. The molecule has 3 rings (SSSR count). The molecule has 5 N–H and O–H groups in total. The van der Waals surface area contributed by atoms with Crippen LogP contribution in [-0.2, 0) is 4.79 Å². The number of anilines is 3. The number of benzene rings is 2. The van der Waals surface area contributed by atoms with Crippen LogP contribution in [0.4, 0.5) is 21.6 Å². The number of amides is 2. The van der Waals surface area contributed by atoms with Gasteiger partial charge in [0.25, 0.3) is 11.5 Å². The number of thioether (sulfide) groups is 1. The first kappa shape index (κ1) is 22.7. The zero-order chi connectivity index (χ0) is 23.3. The number of nitrogens with one attached hydrogen (secondary N) is 3. The first-order chi connectivity index (χ1) is 15.2. The first-order valence-electron chi connectivity index (χ1n) is 9.23. The second-order valence-corrected chi connectivity index (χ2v) is 7.53. The number of aromatic amines is 1. The van der Waals surface area contributed by atoms with Gasteiger partial charge in [0.1, 0.15) is 11.5 Å². The molecule has 164 valence electrons. The van der Waals surface area contributed by atoms with Crippen LogP contribution in [0, 0.1) is 5.82 Å². The van der Waals surface area contributed by atoms with Gasteiger partial charge < -0.3 is 16.4 Å². The van der Waals surface area contributed by atoms with Crippen molar-refractivity contribution in [2.45, 2.75) is 12.1 Å². The molecule has 1 aromatic heterocycles. The van der Waals surface area contributed by atoms with Gasteiger partial charge in [-0.25, -0.2) is 9.37 Å². The van der Waals surface area contributed by atoms with Crippen LogP contribution in [0.15, 0.2) is 58.5 Å². The normalized spacial score (nSPS) is 10.4. The topological polar surface area (TPSA) is 147 Å². The Morgan fingerprint density at radius 2 is 1.66 bits per heavy atom. The number of aromatic nitrogens is 2. The van der Waals surface area contributed by atoms with Crippen LogP contribution in [0.5, 0.6) is 0 Å². The molecule has 32 heavy (non-hydrogen) atoms. The predicted molar refractivity (Wildman–Crippen MR) is 119 cm³/mol. The van der Waals surface area contributed by atoms with Gasteiger partial charge in [-0.3, -0.25) is 24.2 Å². The molecule has 0 saturated carbocycles. The quantitative estimate of drug-likeness (QED) is 0.243. The molecule has 0 atom stereocenters. The molecule has 0 aliphatic heterocycles. The second kappa shape index (κ2) is 9.88. The van der Waals surface area contributed by atoms with Gasteiger partial charge >= 0.3 is 0 Å². The summed E-state index contributed by atoms with van der Waals surface area (Å²) in [6, 6.07) is 11.2. The Kier molecular flexibility index (Phi) is 7.00. The van der Waals surface area contributed by atoms with E-state index in [1.165, 1.54) is 19.1 Å². The largest absolute Gasteiger partial charge is 0.382 e. The third-order valence-electron chi connectivity index (χ3n) is 4.19. The predicted octanol–water partition coefficient (Wildman–Crippen LogP) is 2.68. The monoisotopic (exact) mass is 455 g/mol. The zero-order valence-corrected chi connectivity index (χ0v) is 17.6. The number of H-pyrrole nitrogens is 1. The van der Waals surface area contributed by atoms with E-state index >= 15 is 0 Å². The van der Waals surface area contributed by atoms with Crippen LogP contribution < -0.4 is 21.9 Å². The molecule has 0 spiro atoms. The molecular formula is C21H18FN5O4S. The summed E-state index contributed by atoms with van der Waals surface area (Å²) in [5, 5.41) is 5.10. The van der Waals surface area contributed by atoms with Crippen LogP contribution in [0.2, 0.25) is 0 Å². The molecular weight excluding hydrogens is 437 g/mol. The highest BCUT2D eigenvalue weighted by molar-refractivity contribution is 7.99. The standard InChI is InChI=1S/C21H18FN5O4S/c1-11(28)12-4-8-15(9-5-12)24-16(29)10-32-21-26-18(23)17(20(31)27-21)25-19(30)13-2-6-14(22)7-3-13/h2-9H,10H2,1H3,(H,24,29)(H,25,30)(H3,23,26,27,31). The van der Waals surface area contributed by atoms with E-state index in [1.54, 1.807) is 24.3 Å². The third kappa shape index (κ3) is 5.79. The van der Waals surface area contributed by atoms with Gasteiger partial charge in [0, 0.05) is 16.8 Å². The molecule has 1 heterocycles. The number of hydrogen-bond acceptors (Lipinski definition) is 7. The van der Waals surface area contributed by atoms with E-state index in [1.807, 2.05) is 0 Å². The summed E-state index contributed by atoms with van der Waals surface area (Å²) in [7, 11) is 0. The van der Waals surface area contributed by atoms with Gasteiger partial charge in [-0.15, -0.1) is 0 Å². The lowest BCUT2D eigenvalue weighted by molar-refractivity contribution is -0.113. The maximum atomic E-state index is 13.0. The summed E-state index contributed by atoms with van der Waals surface area (Å²) in [4.78, 5) is 54.4. The van der Waals surface area contributed by atoms with Gasteiger partial charge in [-0.05, 0) is 55.5 Å². The highest BCUT2D eigenvalue weighted by atomic mass is 32.2. The summed E-state index contributed by atoms with van der Waals surface area (Å²) in [6.07, 6.45) is 0. The van der Waals surface area contributed by atoms with Crippen molar-refractivity contribution in [1.82, 2.24) is 9.97 Å². The van der Waals surface area contributed by atoms with E-state index in [2.05, 4.69) is 20.6 Å². The lowest BCUT2D eigenvalue weighted by Gasteiger charge is -2.09. The number of hydrogen-bond donors (Lipinski definition) is 4. The Hall–Kier alpha value is -3.99. The smallest absolute Gasteiger partial charge is 0.277 e. The number of ketones is 1. The maximum Gasteiger partial charge on any atom is 0.277 e. The van der Waals surface area contributed by atoms with Crippen molar-refractivity contribution in [2.24, 2.45) is 0 Å². The SMILES string of the molecule is CC(=O)c1ccc(NC(=O)CSc2nc(N)c(NC(=O)c3ccc(F)cc3)c(=O)[nH]2)cc1. The van der Waals surface area contributed by atoms with Crippen molar-refractivity contribution >= 4 is 46.6 Å². The summed E-state index contributed by atoms with van der Waals surface area (Å²) in [5.41, 5.74) is 6.02. The Morgan fingerprint density at radius 1 is 1.03 bits per heavy atom. The van der Waals surface area contributed by atoms with Gasteiger partial charge in [0.2, 0.25) is 5.91 Å². The fourth-order valence-electron chi connectivity index (χ4n) is 2.56. The minimum Gasteiger partial charge on any atom is -0.382 e. The number of nitrogen functional groups attached to an aromatic ring is 1. The zero-order valence-electron chi connectivity index (χ0n) is 16.8. The summed E-state index contributed by atoms with van der Waals surface area (Å²) in [6.45, 7) is 1.45. The molecule has 0 bridgehead atoms. The molecule has 0 saturated heterocycles. The molecule has 0 unspecified atom stereocenters. The molecule has 0 aliphatic carbocycles. The fourth-order valence-corrected chi connectivity index (χ4v) is 3.23. The molecule has 2 amide bonds. The number of carbonyl (C=O) groups excluding carboxylic acids is 3. The van der Waals surface area contributed by atoms with Crippen molar-refractivity contribution in [2.75, 3.05) is 22.1 Å². The number of carbonyl (C=O) groups is 3. The Morgan fingerprint density at radius 3 is 2.25 bits per heavy atom. The van der Waals surface area contributed by atoms with E-state index in [0.717, 1.165) is 23.9 Å². The van der Waals surface area contributed by atoms with Gasteiger partial charge in [0.15, 0.2) is 16.8 Å². The number of nitrogens with zero attached hydrogens (tertiary/aromatic N) is 1. The number of halogens is 1. The summed E-state index contributed by atoms with van der Waals surface area (Å²) in [5.74, 6) is -1.90. The average molecular weight is 455 g/mol. The van der Waals surface area contributed by atoms with Crippen molar-refractivity contribution in [3.8, 4) is 0 Å². The Labute approximate surface area is 185 Å². The molecule has 0 radical (unpaired) electrons. The average Bonchev–Trinajstić information content (AvgIpc) is 2.75. The van der Waals surface area contributed by atoms with E-state index < -0.39 is 17.3 Å². The molecule has 0 fully saturated rings. The van der Waals surface area contributed by atoms with Gasteiger partial charge in [-0.1, -0.05) is 11.8 Å². The van der Waals surface area contributed by atoms with E-state index in [4.69, 9.17) is 5.73 Å². The minimum atomic E-state index is -0.698. The van der Waals surface area contributed by atoms with E-state index in [9.17, 15) is 23.6 Å². The lowest BCUT2D eigenvalue weighted by Crippen LogP contribution is -2.23. The number of nitrogens with two attached hydrogens (primary N) is 1. The van der Waals surface area contributed by atoms with Crippen LogP contribution in [0.1, 0.15) is 27.6 Å². The van der Waals surface area contributed by atoms with Crippen molar-refractivity contribution in [3.05, 3.63) is 75.8 Å². The summed E-state index contributed by atoms with van der Waals surface area (Å²) < 4.78 is 13.0. The molecule has 0 aliphatic rings. The third-order valence-corrected chi connectivity index (χ3v) is 5.06. The number of rotatable bonds is 7. The molecule has 11 heteroatoms. The Bertz CT molecular complexity index is 1230. The van der Waals surface area contributed by atoms with Gasteiger partial charge in [-0.2, -0.15) is 0 Å².